The molecule has 5 fully saturated rings. The molecule has 4 atom stereocenters. The largest absolute Gasteiger partial charge is 0.388 e. The molecular weight excluding hydrogens is 525 g/mol. The Bertz CT molecular complexity index is 1230. The molecule has 1 amide bonds. The third kappa shape index (κ3) is 4.93. The molecule has 3 heterocycles. The van der Waals surface area contributed by atoms with Gasteiger partial charge in [0, 0.05) is 6.42 Å². The van der Waals surface area contributed by atoms with Crippen LogP contribution in [-0.4, -0.2) is 69.9 Å². The molecule has 1 aliphatic heterocycles. The minimum Gasteiger partial charge on any atom is -0.388 e. The van der Waals surface area contributed by atoms with Gasteiger partial charge in [0.05, 0.1) is 18.6 Å². The van der Waals surface area contributed by atoms with Crippen LogP contribution < -0.4 is 5.32 Å². The van der Waals surface area contributed by atoms with E-state index in [9.17, 15) is 19.6 Å². The number of imidazole rings is 1. The Balaban J connectivity index is 1.21. The highest BCUT2D eigenvalue weighted by atomic mass is 35.5. The zero-order valence-electron chi connectivity index (χ0n) is 20.1. The van der Waals surface area contributed by atoms with Gasteiger partial charge in [0.15, 0.2) is 23.2 Å². The number of aromatic nitrogens is 4. The number of nitrogens with zero attached hydrogens (tertiary/aromatic N) is 4. The van der Waals surface area contributed by atoms with Crippen LogP contribution in [0.5, 0.6) is 0 Å². The molecule has 2 aromatic heterocycles. The van der Waals surface area contributed by atoms with Crippen molar-refractivity contribution in [3.8, 4) is 0 Å². The summed E-state index contributed by atoms with van der Waals surface area (Å²) in [4.78, 5) is 44.2. The number of amides is 1. The number of anilines is 1. The summed E-state index contributed by atoms with van der Waals surface area (Å²) in [6.07, 6.45) is 3.43. The molecule has 4 bridgehead atoms. The van der Waals surface area contributed by atoms with Gasteiger partial charge < -0.3 is 30.1 Å². The maximum atomic E-state index is 13.2. The molecule has 0 aromatic carbocycles. The van der Waals surface area contributed by atoms with Gasteiger partial charge >= 0.3 is 7.60 Å². The first-order chi connectivity index (χ1) is 17.5. The molecular formula is C23H31ClN5O7P. The van der Waals surface area contributed by atoms with Crippen molar-refractivity contribution in [3.63, 3.8) is 0 Å². The maximum absolute atomic E-state index is 13.2. The average molecular weight is 556 g/mol. The number of ether oxygens (including phenoxy) is 1. The first-order valence-electron chi connectivity index (χ1n) is 12.7. The Labute approximate surface area is 218 Å². The second-order valence-corrected chi connectivity index (χ2v) is 13.6. The van der Waals surface area contributed by atoms with E-state index in [2.05, 4.69) is 20.3 Å². The number of fused-ring (bicyclic) bond motifs is 1. The minimum atomic E-state index is -4.30. The highest BCUT2D eigenvalue weighted by Gasteiger charge is 2.51. The Hall–Kier alpha value is -1.66. The summed E-state index contributed by atoms with van der Waals surface area (Å²) in [7, 11) is -4.30. The van der Waals surface area contributed by atoms with Gasteiger partial charge in [-0.1, -0.05) is 0 Å². The summed E-state index contributed by atoms with van der Waals surface area (Å²) in [6, 6.07) is 0. The summed E-state index contributed by atoms with van der Waals surface area (Å²) >= 11 is 6.18. The SMILES string of the molecule is O=C(CC12CC3CC(CC(C3)C1)C2)Nc1nc(Cl)nc2c1ncn2C1OC(CCP(=O)(O)O)C(O)C1O. The smallest absolute Gasteiger partial charge is 0.325 e. The number of hydrogen-bond acceptors (Lipinski definition) is 8. The molecule has 0 radical (unpaired) electrons. The van der Waals surface area contributed by atoms with E-state index in [0.29, 0.717) is 6.42 Å². The van der Waals surface area contributed by atoms with Crippen molar-refractivity contribution in [2.75, 3.05) is 11.5 Å². The van der Waals surface area contributed by atoms with Gasteiger partial charge in [0.25, 0.3) is 0 Å². The molecule has 0 spiro atoms. The van der Waals surface area contributed by atoms with E-state index >= 15 is 0 Å². The summed E-state index contributed by atoms with van der Waals surface area (Å²) in [6.45, 7) is 0. The highest BCUT2D eigenvalue weighted by molar-refractivity contribution is 7.51. The molecule has 4 unspecified atom stereocenters. The van der Waals surface area contributed by atoms with Crippen LogP contribution >= 0.6 is 19.2 Å². The summed E-state index contributed by atoms with van der Waals surface area (Å²) in [5, 5.41) is 23.7. The van der Waals surface area contributed by atoms with Gasteiger partial charge in [0.2, 0.25) is 11.2 Å². The molecule has 14 heteroatoms. The van der Waals surface area contributed by atoms with Crippen molar-refractivity contribution in [1.82, 2.24) is 19.5 Å². The zero-order chi connectivity index (χ0) is 26.1. The second kappa shape index (κ2) is 9.22. The van der Waals surface area contributed by atoms with Crippen LogP contribution in [0, 0.1) is 23.2 Å². The quantitative estimate of drug-likeness (QED) is 0.251. The van der Waals surface area contributed by atoms with Gasteiger partial charge in [-0.15, -0.1) is 0 Å². The molecule has 4 saturated carbocycles. The van der Waals surface area contributed by atoms with E-state index in [-0.39, 0.29) is 40.0 Å². The Kier molecular flexibility index (Phi) is 6.38. The van der Waals surface area contributed by atoms with Crippen LogP contribution in [0.3, 0.4) is 0 Å². The first kappa shape index (κ1) is 25.6. The predicted molar refractivity (Wildman–Crippen MR) is 132 cm³/mol. The summed E-state index contributed by atoms with van der Waals surface area (Å²) in [5.74, 6) is 2.21. The van der Waals surface area contributed by atoms with Crippen LogP contribution in [0.1, 0.15) is 57.6 Å². The number of aliphatic hydroxyl groups is 2. The molecule has 12 nitrogen and oxygen atoms in total. The second-order valence-electron chi connectivity index (χ2n) is 11.5. The van der Waals surface area contributed by atoms with Gasteiger partial charge in [0.1, 0.15) is 12.2 Å². The molecule has 1 saturated heterocycles. The van der Waals surface area contributed by atoms with Crippen LogP contribution in [0.2, 0.25) is 5.28 Å². The van der Waals surface area contributed by atoms with Gasteiger partial charge in [-0.3, -0.25) is 13.9 Å². The Morgan fingerprint density at radius 1 is 1.14 bits per heavy atom. The van der Waals surface area contributed by atoms with E-state index in [0.717, 1.165) is 37.0 Å². The standard InChI is InChI=1S/C23H31ClN5O7P/c24-22-27-19(26-15(30)9-23-6-11-3-12(7-23)5-13(4-11)8-23)16-20(28-22)29(10-25-16)21-18(32)17(31)14(36-21)1-2-37(33,34)35/h10-14,17-18,21,31-32H,1-9H2,(H2,33,34,35)(H,26,27,28,30). The fourth-order valence-electron chi connectivity index (χ4n) is 7.68. The van der Waals surface area contributed by atoms with Crippen LogP contribution in [0.25, 0.3) is 11.2 Å². The molecule has 37 heavy (non-hydrogen) atoms. The Morgan fingerprint density at radius 3 is 2.41 bits per heavy atom. The van der Waals surface area contributed by atoms with Gasteiger partial charge in [-0.25, -0.2) is 4.98 Å². The zero-order valence-corrected chi connectivity index (χ0v) is 21.8. The van der Waals surface area contributed by atoms with Crippen LogP contribution in [0.4, 0.5) is 5.82 Å². The van der Waals surface area contributed by atoms with Gasteiger partial charge in [-0.2, -0.15) is 9.97 Å². The lowest BCUT2D eigenvalue weighted by molar-refractivity contribution is -0.124. The summed E-state index contributed by atoms with van der Waals surface area (Å²) in [5.41, 5.74) is 0.498. The van der Waals surface area contributed by atoms with E-state index in [1.807, 2.05) is 0 Å². The average Bonchev–Trinajstić information content (AvgIpc) is 3.31. The molecule has 5 N–H and O–H groups in total. The third-order valence-electron chi connectivity index (χ3n) is 8.67. The predicted octanol–water partition coefficient (Wildman–Crippen LogP) is 2.21. The highest BCUT2D eigenvalue weighted by Crippen LogP contribution is 2.61. The molecule has 5 aliphatic rings. The number of nitrogens with one attached hydrogen (secondary N) is 1. The number of rotatable bonds is 7. The van der Waals surface area contributed by atoms with Crippen molar-refractivity contribution in [3.05, 3.63) is 11.6 Å². The minimum absolute atomic E-state index is 0.0498. The number of aliphatic hydroxyl groups excluding tert-OH is 2. The number of carbonyl (C=O) groups excluding carboxylic acids is 1. The lowest BCUT2D eigenvalue weighted by Crippen LogP contribution is -2.47. The molecule has 7 rings (SSSR count). The lowest BCUT2D eigenvalue weighted by atomic mass is 9.49. The van der Waals surface area contributed by atoms with E-state index in [4.69, 9.17) is 26.1 Å². The molecule has 202 valence electrons. The third-order valence-corrected chi connectivity index (χ3v) is 9.68. The lowest BCUT2D eigenvalue weighted by Gasteiger charge is -2.56. The van der Waals surface area contributed by atoms with Crippen molar-refractivity contribution in [2.24, 2.45) is 23.2 Å². The first-order valence-corrected chi connectivity index (χ1v) is 14.9. The fraction of sp³-hybridized carbons (Fsp3) is 0.739. The van der Waals surface area contributed by atoms with E-state index in [1.165, 1.54) is 30.2 Å². The summed E-state index contributed by atoms with van der Waals surface area (Å²) < 4.78 is 18.4. The topological polar surface area (TPSA) is 180 Å². The monoisotopic (exact) mass is 555 g/mol. The normalized spacial score (nSPS) is 36.9. The van der Waals surface area contributed by atoms with Crippen molar-refractivity contribution < 1.29 is 34.1 Å². The number of hydrogen-bond donors (Lipinski definition) is 5. The number of carbonyl (C=O) groups is 1. The van der Waals surface area contributed by atoms with E-state index < -0.39 is 38.3 Å². The van der Waals surface area contributed by atoms with Crippen LogP contribution in [0.15, 0.2) is 6.33 Å². The van der Waals surface area contributed by atoms with Gasteiger partial charge in [-0.05, 0) is 79.7 Å². The van der Waals surface area contributed by atoms with Crippen molar-refractivity contribution in [2.45, 2.75) is 75.9 Å². The number of halogens is 1. The fourth-order valence-corrected chi connectivity index (χ4v) is 8.44. The Morgan fingerprint density at radius 2 is 1.78 bits per heavy atom. The van der Waals surface area contributed by atoms with Crippen LogP contribution in [-0.2, 0) is 14.1 Å². The molecule has 4 aliphatic carbocycles. The van der Waals surface area contributed by atoms with E-state index in [1.54, 1.807) is 0 Å². The van der Waals surface area contributed by atoms with Crippen molar-refractivity contribution >= 4 is 42.1 Å². The van der Waals surface area contributed by atoms with Crippen molar-refractivity contribution in [1.29, 1.82) is 0 Å². The maximum Gasteiger partial charge on any atom is 0.325 e. The molecule has 2 aromatic rings.